The molecule has 1 aromatic carbocycles. The lowest BCUT2D eigenvalue weighted by Gasteiger charge is -2.15. The van der Waals surface area contributed by atoms with Gasteiger partial charge in [-0.1, -0.05) is 0 Å². The number of amides is 2. The van der Waals surface area contributed by atoms with E-state index >= 15 is 0 Å². The van der Waals surface area contributed by atoms with Gasteiger partial charge in [0.1, 0.15) is 6.10 Å². The molecule has 1 aromatic rings. The summed E-state index contributed by atoms with van der Waals surface area (Å²) in [6.45, 7) is 0.696. The van der Waals surface area contributed by atoms with E-state index < -0.39 is 6.09 Å². The molecule has 0 radical (unpaired) electrons. The molecule has 6 nitrogen and oxygen atoms in total. The first kappa shape index (κ1) is 14.6. The van der Waals surface area contributed by atoms with E-state index in [-0.39, 0.29) is 11.9 Å². The van der Waals surface area contributed by atoms with E-state index in [2.05, 4.69) is 5.32 Å². The number of ketones is 1. The van der Waals surface area contributed by atoms with Crippen LogP contribution in [0.25, 0.3) is 0 Å². The van der Waals surface area contributed by atoms with E-state index in [4.69, 9.17) is 4.74 Å². The molecule has 1 unspecified atom stereocenters. The van der Waals surface area contributed by atoms with Gasteiger partial charge in [-0.3, -0.25) is 14.5 Å². The molecule has 1 N–H and O–H groups in total. The second-order valence-corrected chi connectivity index (χ2v) is 5.61. The summed E-state index contributed by atoms with van der Waals surface area (Å²) in [5, 5.41) is 2.52. The Hall–Kier alpha value is -2.37. The molecule has 116 valence electrons. The number of carbonyl (C=O) groups is 3. The van der Waals surface area contributed by atoms with Gasteiger partial charge in [0.25, 0.3) is 0 Å². The van der Waals surface area contributed by atoms with Gasteiger partial charge in [0.15, 0.2) is 5.78 Å². The molecular formula is C16H18N2O4. The number of carbonyl (C=O) groups excluding carboxylic acids is 3. The summed E-state index contributed by atoms with van der Waals surface area (Å²) in [5.74, 6) is 0.177. The number of fused-ring (bicyclic) bond motifs is 1. The minimum absolute atomic E-state index is 0.177. The number of anilines is 1. The number of hydrogen-bond donors (Lipinski definition) is 1. The molecule has 0 bridgehead atoms. The molecule has 2 aliphatic rings. The normalized spacial score (nSPS) is 21.1. The first-order chi connectivity index (χ1) is 10.7. The largest absolute Gasteiger partial charge is 0.442 e. The fraction of sp³-hybridized carbons (Fsp3) is 0.438. The van der Waals surface area contributed by atoms with Crippen LogP contribution in [0.4, 0.5) is 10.5 Å². The summed E-state index contributed by atoms with van der Waals surface area (Å²) in [5.41, 5.74) is 2.52. The van der Waals surface area contributed by atoms with E-state index in [1.54, 1.807) is 11.0 Å². The van der Waals surface area contributed by atoms with Gasteiger partial charge in [-0.15, -0.1) is 0 Å². The van der Waals surface area contributed by atoms with Crippen molar-refractivity contribution in [3.05, 3.63) is 29.3 Å². The molecule has 22 heavy (non-hydrogen) atoms. The van der Waals surface area contributed by atoms with Crippen molar-refractivity contribution in [2.45, 2.75) is 31.8 Å². The summed E-state index contributed by atoms with van der Waals surface area (Å²) in [6, 6.07) is 5.51. The minimum Gasteiger partial charge on any atom is -0.442 e. The molecule has 1 fully saturated rings. The molecule has 1 heterocycles. The van der Waals surface area contributed by atoms with Gasteiger partial charge in [-0.2, -0.15) is 0 Å². The fourth-order valence-corrected chi connectivity index (χ4v) is 2.98. The molecule has 0 aromatic heterocycles. The van der Waals surface area contributed by atoms with Crippen LogP contribution in [-0.4, -0.2) is 37.5 Å². The van der Waals surface area contributed by atoms with Crippen molar-refractivity contribution < 1.29 is 19.1 Å². The lowest BCUT2D eigenvalue weighted by atomic mass is 10.0. The zero-order chi connectivity index (χ0) is 15.5. The highest BCUT2D eigenvalue weighted by molar-refractivity contribution is 5.99. The summed E-state index contributed by atoms with van der Waals surface area (Å²) in [6.07, 6.45) is 3.17. The molecule has 0 saturated carbocycles. The van der Waals surface area contributed by atoms with Crippen molar-refractivity contribution in [2.24, 2.45) is 0 Å². The van der Waals surface area contributed by atoms with Gasteiger partial charge in [-0.25, -0.2) is 4.79 Å². The van der Waals surface area contributed by atoms with Crippen LogP contribution >= 0.6 is 0 Å². The van der Waals surface area contributed by atoms with E-state index in [1.165, 1.54) is 0 Å². The lowest BCUT2D eigenvalue weighted by molar-refractivity contribution is -0.109. The van der Waals surface area contributed by atoms with Crippen LogP contribution in [0.1, 0.15) is 35.2 Å². The zero-order valence-electron chi connectivity index (χ0n) is 12.2. The van der Waals surface area contributed by atoms with Crippen molar-refractivity contribution in [3.63, 3.8) is 0 Å². The maximum atomic E-state index is 12.0. The Morgan fingerprint density at radius 2 is 2.09 bits per heavy atom. The summed E-state index contributed by atoms with van der Waals surface area (Å²) >= 11 is 0. The summed E-state index contributed by atoms with van der Waals surface area (Å²) in [4.78, 5) is 35.9. The summed E-state index contributed by atoms with van der Waals surface area (Å²) in [7, 11) is 0. The van der Waals surface area contributed by atoms with Gasteiger partial charge in [0, 0.05) is 17.7 Å². The predicted octanol–water partition coefficient (Wildman–Crippen LogP) is 1.67. The topological polar surface area (TPSA) is 75.7 Å². The first-order valence-corrected chi connectivity index (χ1v) is 7.50. The zero-order valence-corrected chi connectivity index (χ0v) is 12.2. The van der Waals surface area contributed by atoms with Crippen LogP contribution < -0.4 is 10.2 Å². The quantitative estimate of drug-likeness (QED) is 0.678. The van der Waals surface area contributed by atoms with Crippen molar-refractivity contribution in [1.29, 1.82) is 0 Å². The maximum Gasteiger partial charge on any atom is 0.414 e. The molecule has 1 atom stereocenters. The average Bonchev–Trinajstić information content (AvgIpc) is 2.79. The van der Waals surface area contributed by atoms with Gasteiger partial charge < -0.3 is 10.1 Å². The molecule has 1 aliphatic carbocycles. The Balaban J connectivity index is 1.80. The van der Waals surface area contributed by atoms with Crippen LogP contribution in [0.5, 0.6) is 0 Å². The number of benzene rings is 1. The number of cyclic esters (lactones) is 1. The van der Waals surface area contributed by atoms with Gasteiger partial charge in [-0.05, 0) is 43.0 Å². The fourth-order valence-electron chi connectivity index (χ4n) is 2.98. The third-order valence-electron chi connectivity index (χ3n) is 4.10. The lowest BCUT2D eigenvalue weighted by Crippen LogP contribution is -2.30. The van der Waals surface area contributed by atoms with E-state index in [0.717, 1.165) is 36.1 Å². The Kier molecular flexibility index (Phi) is 4.09. The maximum absolute atomic E-state index is 12.0. The van der Waals surface area contributed by atoms with E-state index in [1.807, 2.05) is 12.1 Å². The van der Waals surface area contributed by atoms with Crippen LogP contribution in [0.2, 0.25) is 0 Å². The Bertz CT molecular complexity index is 614. The Morgan fingerprint density at radius 3 is 2.91 bits per heavy atom. The molecular weight excluding hydrogens is 284 g/mol. The number of hydrogen-bond acceptors (Lipinski definition) is 4. The second kappa shape index (κ2) is 6.17. The number of nitrogens with one attached hydrogen (secondary N) is 1. The Morgan fingerprint density at radius 1 is 1.27 bits per heavy atom. The van der Waals surface area contributed by atoms with Crippen molar-refractivity contribution in [1.82, 2.24) is 5.32 Å². The van der Waals surface area contributed by atoms with Crippen LogP contribution in [-0.2, 0) is 16.0 Å². The molecule has 1 saturated heterocycles. The SMILES string of the molecule is O=CNCC1CN(c2ccc3c(c2)CCCCC3=O)C(=O)O1. The highest BCUT2D eigenvalue weighted by atomic mass is 16.6. The first-order valence-electron chi connectivity index (χ1n) is 7.50. The Labute approximate surface area is 128 Å². The summed E-state index contributed by atoms with van der Waals surface area (Å²) < 4.78 is 5.22. The van der Waals surface area contributed by atoms with Crippen LogP contribution in [0, 0.1) is 0 Å². The van der Waals surface area contributed by atoms with Crippen molar-refractivity contribution in [2.75, 3.05) is 18.0 Å². The standard InChI is InChI=1S/C16H18N2O4/c19-10-17-8-13-9-18(16(21)22-13)12-5-6-14-11(7-12)3-1-2-4-15(14)20/h5-7,10,13H,1-4,8-9H2,(H,17,19). The minimum atomic E-state index is -0.419. The number of ether oxygens (including phenoxy) is 1. The highest BCUT2D eigenvalue weighted by Crippen LogP contribution is 2.28. The highest BCUT2D eigenvalue weighted by Gasteiger charge is 2.32. The van der Waals surface area contributed by atoms with Crippen LogP contribution in [0.15, 0.2) is 18.2 Å². The average molecular weight is 302 g/mol. The van der Waals surface area contributed by atoms with Crippen molar-refractivity contribution in [3.8, 4) is 0 Å². The molecule has 6 heteroatoms. The van der Waals surface area contributed by atoms with Crippen molar-refractivity contribution >= 4 is 24.0 Å². The predicted molar refractivity (Wildman–Crippen MR) is 80.0 cm³/mol. The molecule has 3 rings (SSSR count). The third-order valence-corrected chi connectivity index (χ3v) is 4.10. The van der Waals surface area contributed by atoms with E-state index in [0.29, 0.717) is 25.9 Å². The molecule has 1 aliphatic heterocycles. The third kappa shape index (κ3) is 2.81. The molecule has 0 spiro atoms. The number of Topliss-reactive ketones (excluding diaryl/α,β-unsaturated/α-hetero) is 1. The molecule has 2 amide bonds. The number of rotatable bonds is 4. The number of nitrogens with zero attached hydrogens (tertiary/aromatic N) is 1. The second-order valence-electron chi connectivity index (χ2n) is 5.61. The monoisotopic (exact) mass is 302 g/mol. The van der Waals surface area contributed by atoms with Gasteiger partial charge >= 0.3 is 6.09 Å². The van der Waals surface area contributed by atoms with Gasteiger partial charge in [0.05, 0.1) is 13.1 Å². The van der Waals surface area contributed by atoms with Crippen LogP contribution in [0.3, 0.4) is 0 Å². The smallest absolute Gasteiger partial charge is 0.414 e. The van der Waals surface area contributed by atoms with Gasteiger partial charge in [0.2, 0.25) is 6.41 Å². The number of aryl methyl sites for hydroxylation is 1. The van der Waals surface area contributed by atoms with E-state index in [9.17, 15) is 14.4 Å².